The summed E-state index contributed by atoms with van der Waals surface area (Å²) < 4.78 is 32.1. The van der Waals surface area contributed by atoms with Crippen LogP contribution in [0.4, 0.5) is 0 Å². The number of aromatic nitrogens is 2. The molecule has 1 amide bonds. The van der Waals surface area contributed by atoms with Crippen molar-refractivity contribution in [2.45, 2.75) is 32.7 Å². The predicted molar refractivity (Wildman–Crippen MR) is 156 cm³/mol. The molecule has 0 spiro atoms. The van der Waals surface area contributed by atoms with Crippen molar-refractivity contribution in [2.75, 3.05) is 18.1 Å². The Morgan fingerprint density at radius 1 is 1.16 bits per heavy atom. The minimum Gasteiger partial charge on any atom is -0.494 e. The Morgan fingerprint density at radius 3 is 2.55 bits per heavy atom. The first kappa shape index (κ1) is 26.6. The summed E-state index contributed by atoms with van der Waals surface area (Å²) in [6.45, 7) is 5.00. The number of amides is 1. The maximum absolute atomic E-state index is 13.3. The molecule has 2 aliphatic heterocycles. The molecule has 0 N–H and O–H groups in total. The number of nitrogens with zero attached hydrogens (tertiary/aromatic N) is 3. The zero-order valence-corrected chi connectivity index (χ0v) is 23.7. The van der Waals surface area contributed by atoms with E-state index in [9.17, 15) is 13.2 Å². The fraction of sp³-hybridized carbons (Fsp3) is 0.321. The van der Waals surface area contributed by atoms with Gasteiger partial charge in [0.1, 0.15) is 10.1 Å². The third-order valence-corrected chi connectivity index (χ3v) is 9.62. The topological polar surface area (TPSA) is 81.5 Å². The van der Waals surface area contributed by atoms with Gasteiger partial charge in [0.25, 0.3) is 5.91 Å². The van der Waals surface area contributed by atoms with E-state index in [0.717, 1.165) is 34.7 Å². The molecular formula is C28H29N3O4S3. The zero-order valence-electron chi connectivity index (χ0n) is 21.2. The van der Waals surface area contributed by atoms with Crippen LogP contribution in [0.3, 0.4) is 0 Å². The number of para-hydroxylation sites is 1. The lowest BCUT2D eigenvalue weighted by Crippen LogP contribution is -2.39. The summed E-state index contributed by atoms with van der Waals surface area (Å²) in [4.78, 5) is 15.3. The Morgan fingerprint density at radius 2 is 1.89 bits per heavy atom. The fourth-order valence-corrected chi connectivity index (χ4v) is 7.56. The van der Waals surface area contributed by atoms with E-state index < -0.39 is 15.9 Å². The molecule has 0 aliphatic carbocycles. The monoisotopic (exact) mass is 567 g/mol. The number of thioether (sulfide) groups is 1. The third kappa shape index (κ3) is 5.87. The van der Waals surface area contributed by atoms with Crippen LogP contribution in [0.2, 0.25) is 0 Å². The summed E-state index contributed by atoms with van der Waals surface area (Å²) in [6, 6.07) is 17.2. The minimum atomic E-state index is -3.15. The van der Waals surface area contributed by atoms with Crippen LogP contribution < -0.4 is 4.74 Å². The van der Waals surface area contributed by atoms with Crippen molar-refractivity contribution < 1.29 is 17.9 Å². The van der Waals surface area contributed by atoms with E-state index in [1.54, 1.807) is 10.8 Å². The summed E-state index contributed by atoms with van der Waals surface area (Å²) in [5.41, 5.74) is 3.27. The van der Waals surface area contributed by atoms with Gasteiger partial charge in [-0.1, -0.05) is 56.0 Å². The van der Waals surface area contributed by atoms with Crippen LogP contribution in [-0.4, -0.2) is 57.5 Å². The molecule has 2 saturated heterocycles. The van der Waals surface area contributed by atoms with E-state index in [4.69, 9.17) is 22.1 Å². The molecule has 7 nitrogen and oxygen atoms in total. The first-order valence-corrected chi connectivity index (χ1v) is 15.6. The number of carbonyl (C=O) groups excluding carboxylic acids is 1. The Labute approximate surface area is 232 Å². The highest BCUT2D eigenvalue weighted by molar-refractivity contribution is 8.26. The van der Waals surface area contributed by atoms with Crippen LogP contribution in [0.15, 0.2) is 65.7 Å². The molecule has 3 aromatic rings. The molecule has 0 unspecified atom stereocenters. The summed E-state index contributed by atoms with van der Waals surface area (Å²) in [5, 5.41) is 4.85. The van der Waals surface area contributed by atoms with E-state index in [-0.39, 0.29) is 17.4 Å². The average Bonchev–Trinajstić information content (AvgIpc) is 3.55. The summed E-state index contributed by atoms with van der Waals surface area (Å²) in [7, 11) is -3.15. The van der Waals surface area contributed by atoms with Crippen molar-refractivity contribution in [3.63, 3.8) is 0 Å². The highest BCUT2D eigenvalue weighted by Crippen LogP contribution is 2.38. The van der Waals surface area contributed by atoms with Crippen molar-refractivity contribution in [1.82, 2.24) is 14.7 Å². The van der Waals surface area contributed by atoms with Crippen LogP contribution in [0.5, 0.6) is 5.75 Å². The standard InChI is InChI=1S/C28H29N3O4S3/c1-19(2)12-14-35-24-10-8-20(9-11-24)26-21(17-30(29-26)22-6-4-3-5-7-22)16-25-27(32)31(28(36)37-25)23-13-15-38(33,34)18-23/h3-11,16-17,19,23H,12-15,18H2,1-2H3/b25-16-/t23-/m0/s1. The average molecular weight is 568 g/mol. The second kappa shape index (κ2) is 11.0. The number of sulfone groups is 1. The number of benzene rings is 2. The van der Waals surface area contributed by atoms with Crippen molar-refractivity contribution in [3.05, 3.63) is 71.3 Å². The normalized spacial score (nSPS) is 20.1. The van der Waals surface area contributed by atoms with Crippen LogP contribution in [0.1, 0.15) is 32.3 Å². The molecule has 2 fully saturated rings. The molecule has 3 heterocycles. The number of rotatable bonds is 8. The zero-order chi connectivity index (χ0) is 26.9. The third-order valence-electron chi connectivity index (χ3n) is 6.54. The SMILES string of the molecule is CC(C)CCOc1ccc(-c2nn(-c3ccccc3)cc2/C=C2\SC(=S)N([C@H]3CCS(=O)(=O)C3)C2=O)cc1. The molecule has 38 heavy (non-hydrogen) atoms. The number of carbonyl (C=O) groups is 1. The van der Waals surface area contributed by atoms with Gasteiger partial charge in [-0.05, 0) is 61.2 Å². The Kier molecular flexibility index (Phi) is 7.74. The maximum Gasteiger partial charge on any atom is 0.266 e. The van der Waals surface area contributed by atoms with Crippen molar-refractivity contribution >= 4 is 50.1 Å². The van der Waals surface area contributed by atoms with E-state index in [2.05, 4.69) is 13.8 Å². The number of thiocarbonyl (C=S) groups is 1. The highest BCUT2D eigenvalue weighted by Gasteiger charge is 2.42. The van der Waals surface area contributed by atoms with Gasteiger partial charge in [0.05, 0.1) is 40.4 Å². The van der Waals surface area contributed by atoms with Crippen molar-refractivity contribution in [3.8, 4) is 22.7 Å². The Balaban J connectivity index is 1.46. The lowest BCUT2D eigenvalue weighted by molar-refractivity contribution is -0.123. The van der Waals surface area contributed by atoms with Gasteiger partial charge in [-0.2, -0.15) is 5.10 Å². The van der Waals surface area contributed by atoms with Gasteiger partial charge < -0.3 is 4.74 Å². The van der Waals surface area contributed by atoms with Gasteiger partial charge >= 0.3 is 0 Å². The quantitative estimate of drug-likeness (QED) is 0.268. The molecule has 0 saturated carbocycles. The highest BCUT2D eigenvalue weighted by atomic mass is 32.2. The first-order chi connectivity index (χ1) is 18.2. The lowest BCUT2D eigenvalue weighted by atomic mass is 10.1. The van der Waals surface area contributed by atoms with Gasteiger partial charge in [-0.15, -0.1) is 0 Å². The number of hydrogen-bond acceptors (Lipinski definition) is 7. The Hall–Kier alpha value is -2.95. The van der Waals surface area contributed by atoms with Gasteiger partial charge in [0, 0.05) is 17.3 Å². The maximum atomic E-state index is 13.3. The molecule has 1 atom stereocenters. The van der Waals surface area contributed by atoms with Crippen molar-refractivity contribution in [2.24, 2.45) is 5.92 Å². The molecule has 10 heteroatoms. The molecule has 1 aromatic heterocycles. The van der Waals surface area contributed by atoms with Gasteiger partial charge in [0.2, 0.25) is 0 Å². The van der Waals surface area contributed by atoms with Gasteiger partial charge in [-0.25, -0.2) is 13.1 Å². The lowest BCUT2D eigenvalue weighted by Gasteiger charge is -2.20. The molecule has 2 aliphatic rings. The largest absolute Gasteiger partial charge is 0.494 e. The summed E-state index contributed by atoms with van der Waals surface area (Å²) >= 11 is 6.70. The van der Waals surface area contributed by atoms with Crippen LogP contribution >= 0.6 is 24.0 Å². The van der Waals surface area contributed by atoms with Crippen LogP contribution in [-0.2, 0) is 14.6 Å². The summed E-state index contributed by atoms with van der Waals surface area (Å²) in [6.07, 6.45) is 5.09. The van der Waals surface area contributed by atoms with Gasteiger partial charge in [0.15, 0.2) is 9.84 Å². The molecule has 0 bridgehead atoms. The van der Waals surface area contributed by atoms with E-state index in [1.807, 2.05) is 60.8 Å². The van der Waals surface area contributed by atoms with Crippen LogP contribution in [0.25, 0.3) is 23.0 Å². The Bertz CT molecular complexity index is 1480. The second-order valence-electron chi connectivity index (χ2n) is 9.88. The number of ether oxygens (including phenoxy) is 1. The molecule has 2 aromatic carbocycles. The molecule has 198 valence electrons. The smallest absolute Gasteiger partial charge is 0.266 e. The number of hydrogen-bond donors (Lipinski definition) is 0. The predicted octanol–water partition coefficient (Wildman–Crippen LogP) is 5.35. The van der Waals surface area contributed by atoms with Crippen molar-refractivity contribution in [1.29, 1.82) is 0 Å². The summed E-state index contributed by atoms with van der Waals surface area (Å²) in [5.74, 6) is 1.15. The first-order valence-electron chi connectivity index (χ1n) is 12.6. The van der Waals surface area contributed by atoms with E-state index >= 15 is 0 Å². The molecular weight excluding hydrogens is 539 g/mol. The van der Waals surface area contributed by atoms with Gasteiger partial charge in [-0.3, -0.25) is 9.69 Å². The van der Waals surface area contributed by atoms with Crippen LogP contribution in [0, 0.1) is 5.92 Å². The molecule has 5 rings (SSSR count). The van der Waals surface area contributed by atoms with E-state index in [0.29, 0.717) is 28.2 Å². The minimum absolute atomic E-state index is 0.0461. The second-order valence-corrected chi connectivity index (χ2v) is 13.8. The fourth-order valence-electron chi connectivity index (χ4n) is 4.47. The molecule has 0 radical (unpaired) electrons. The van der Waals surface area contributed by atoms with E-state index in [1.165, 1.54) is 16.7 Å².